The van der Waals surface area contributed by atoms with E-state index in [1.165, 1.54) is 0 Å². The van der Waals surface area contributed by atoms with E-state index in [0.29, 0.717) is 17.1 Å². The number of methoxy groups -OCH3 is 2. The number of ether oxygens (including phenoxy) is 2. The summed E-state index contributed by atoms with van der Waals surface area (Å²) in [7, 11) is 3.14. The third kappa shape index (κ3) is 3.11. The number of para-hydroxylation sites is 1. The van der Waals surface area contributed by atoms with Crippen LogP contribution in [0.15, 0.2) is 23.6 Å². The molecule has 1 amide bonds. The number of piperidine rings is 1. The highest BCUT2D eigenvalue weighted by Gasteiger charge is 2.32. The minimum Gasteiger partial charge on any atom is -0.493 e. The molecule has 3 rings (SSSR count). The quantitative estimate of drug-likeness (QED) is 0.844. The summed E-state index contributed by atoms with van der Waals surface area (Å²) >= 11 is 1.63. The molecular formula is C18H22N2O3S. The summed E-state index contributed by atoms with van der Waals surface area (Å²) in [5.41, 5.74) is 1.55. The van der Waals surface area contributed by atoms with Crippen LogP contribution < -0.4 is 9.47 Å². The zero-order valence-corrected chi connectivity index (χ0v) is 15.1. The average molecular weight is 346 g/mol. The van der Waals surface area contributed by atoms with Crippen molar-refractivity contribution in [2.45, 2.75) is 32.2 Å². The van der Waals surface area contributed by atoms with Crippen molar-refractivity contribution in [2.24, 2.45) is 0 Å². The molecule has 1 atom stereocenters. The molecule has 1 aromatic heterocycles. The Balaban J connectivity index is 1.95. The molecule has 5 nitrogen and oxygen atoms in total. The molecule has 1 saturated heterocycles. The molecule has 2 heterocycles. The van der Waals surface area contributed by atoms with Crippen molar-refractivity contribution in [1.29, 1.82) is 0 Å². The number of thiazole rings is 1. The Morgan fingerprint density at radius 2 is 2.12 bits per heavy atom. The van der Waals surface area contributed by atoms with Gasteiger partial charge in [0.25, 0.3) is 5.91 Å². The van der Waals surface area contributed by atoms with Crippen molar-refractivity contribution in [3.05, 3.63) is 39.8 Å². The van der Waals surface area contributed by atoms with Crippen LogP contribution in [0.2, 0.25) is 0 Å². The van der Waals surface area contributed by atoms with Crippen molar-refractivity contribution in [2.75, 3.05) is 20.8 Å². The number of rotatable bonds is 4. The van der Waals surface area contributed by atoms with E-state index in [1.807, 2.05) is 23.3 Å². The predicted octanol–water partition coefficient (Wildman–Crippen LogP) is 3.84. The van der Waals surface area contributed by atoms with E-state index in [0.717, 1.165) is 36.5 Å². The SMILES string of the molecule is COc1cccc(C(=O)N2CCCC[C@@H]2c2nc(C)cs2)c1OC. The first-order valence-corrected chi connectivity index (χ1v) is 8.97. The van der Waals surface area contributed by atoms with Crippen LogP contribution in [0.5, 0.6) is 11.5 Å². The van der Waals surface area contributed by atoms with Crippen LogP contribution in [-0.2, 0) is 0 Å². The van der Waals surface area contributed by atoms with Gasteiger partial charge in [0.1, 0.15) is 5.01 Å². The van der Waals surface area contributed by atoms with Gasteiger partial charge in [0.15, 0.2) is 11.5 Å². The van der Waals surface area contributed by atoms with E-state index in [9.17, 15) is 4.79 Å². The maximum absolute atomic E-state index is 13.2. The van der Waals surface area contributed by atoms with E-state index in [2.05, 4.69) is 4.98 Å². The number of hydrogen-bond acceptors (Lipinski definition) is 5. The Morgan fingerprint density at radius 1 is 1.29 bits per heavy atom. The molecule has 0 saturated carbocycles. The third-order valence-corrected chi connectivity index (χ3v) is 5.38. The normalized spacial score (nSPS) is 17.6. The van der Waals surface area contributed by atoms with Gasteiger partial charge in [-0.15, -0.1) is 11.3 Å². The summed E-state index contributed by atoms with van der Waals surface area (Å²) in [6.07, 6.45) is 3.08. The lowest BCUT2D eigenvalue weighted by Gasteiger charge is -2.35. The summed E-state index contributed by atoms with van der Waals surface area (Å²) in [4.78, 5) is 19.7. The van der Waals surface area contributed by atoms with E-state index in [-0.39, 0.29) is 11.9 Å². The number of aromatic nitrogens is 1. The highest BCUT2D eigenvalue weighted by Crippen LogP contribution is 2.37. The molecule has 2 aromatic rings. The predicted molar refractivity (Wildman–Crippen MR) is 94.0 cm³/mol. The van der Waals surface area contributed by atoms with Crippen LogP contribution in [0.4, 0.5) is 0 Å². The van der Waals surface area contributed by atoms with Gasteiger partial charge in [0.05, 0.1) is 25.8 Å². The van der Waals surface area contributed by atoms with Gasteiger partial charge in [-0.3, -0.25) is 4.79 Å². The van der Waals surface area contributed by atoms with Crippen LogP contribution in [0.1, 0.15) is 46.4 Å². The number of amides is 1. The molecule has 1 aliphatic rings. The Labute approximate surface area is 146 Å². The Hall–Kier alpha value is -2.08. The van der Waals surface area contributed by atoms with E-state index < -0.39 is 0 Å². The highest BCUT2D eigenvalue weighted by atomic mass is 32.1. The molecule has 1 aromatic carbocycles. The Kier molecular flexibility index (Phi) is 5.04. The molecule has 24 heavy (non-hydrogen) atoms. The molecule has 1 aliphatic heterocycles. The Bertz CT molecular complexity index is 729. The maximum Gasteiger partial charge on any atom is 0.258 e. The number of nitrogens with zero attached hydrogens (tertiary/aromatic N) is 2. The van der Waals surface area contributed by atoms with Crippen molar-refractivity contribution in [3.63, 3.8) is 0 Å². The number of carbonyl (C=O) groups excluding carboxylic acids is 1. The Morgan fingerprint density at radius 3 is 2.79 bits per heavy atom. The second kappa shape index (κ2) is 7.21. The lowest BCUT2D eigenvalue weighted by molar-refractivity contribution is 0.0607. The van der Waals surface area contributed by atoms with Gasteiger partial charge in [-0.1, -0.05) is 6.07 Å². The van der Waals surface area contributed by atoms with Gasteiger partial charge < -0.3 is 14.4 Å². The fourth-order valence-corrected chi connectivity index (χ4v) is 4.11. The van der Waals surface area contributed by atoms with Gasteiger partial charge in [-0.25, -0.2) is 4.98 Å². The van der Waals surface area contributed by atoms with E-state index >= 15 is 0 Å². The minimum atomic E-state index is -0.0247. The molecule has 0 radical (unpaired) electrons. The third-order valence-electron chi connectivity index (χ3n) is 4.32. The summed E-state index contributed by atoms with van der Waals surface area (Å²) < 4.78 is 10.8. The first-order valence-electron chi connectivity index (χ1n) is 8.09. The van der Waals surface area contributed by atoms with E-state index in [4.69, 9.17) is 9.47 Å². The van der Waals surface area contributed by atoms with Crippen molar-refractivity contribution < 1.29 is 14.3 Å². The van der Waals surface area contributed by atoms with Crippen LogP contribution in [0.25, 0.3) is 0 Å². The molecule has 1 fully saturated rings. The van der Waals surface area contributed by atoms with Crippen LogP contribution >= 0.6 is 11.3 Å². The van der Waals surface area contributed by atoms with Gasteiger partial charge in [0.2, 0.25) is 0 Å². The zero-order chi connectivity index (χ0) is 17.1. The number of hydrogen-bond donors (Lipinski definition) is 0. The molecule has 6 heteroatoms. The molecule has 0 aliphatic carbocycles. The zero-order valence-electron chi connectivity index (χ0n) is 14.2. The van der Waals surface area contributed by atoms with Gasteiger partial charge in [-0.2, -0.15) is 0 Å². The van der Waals surface area contributed by atoms with Gasteiger partial charge in [0, 0.05) is 17.6 Å². The van der Waals surface area contributed by atoms with Crippen molar-refractivity contribution in [3.8, 4) is 11.5 Å². The smallest absolute Gasteiger partial charge is 0.258 e. The minimum absolute atomic E-state index is 0.0247. The van der Waals surface area contributed by atoms with E-state index in [1.54, 1.807) is 37.7 Å². The first-order chi connectivity index (χ1) is 11.7. The number of likely N-dealkylation sites (tertiary alicyclic amines) is 1. The fourth-order valence-electron chi connectivity index (χ4n) is 3.17. The second-order valence-electron chi connectivity index (χ2n) is 5.88. The first kappa shape index (κ1) is 16.8. The largest absolute Gasteiger partial charge is 0.493 e. The second-order valence-corrected chi connectivity index (χ2v) is 6.77. The van der Waals surface area contributed by atoms with Crippen molar-refractivity contribution in [1.82, 2.24) is 9.88 Å². The monoisotopic (exact) mass is 346 g/mol. The number of aryl methyl sites for hydroxylation is 1. The average Bonchev–Trinajstić information content (AvgIpc) is 3.06. The maximum atomic E-state index is 13.2. The van der Waals surface area contributed by atoms with Crippen molar-refractivity contribution >= 4 is 17.2 Å². The molecule has 0 N–H and O–H groups in total. The summed E-state index contributed by atoms with van der Waals surface area (Å²) in [5.74, 6) is 1.04. The molecule has 0 spiro atoms. The summed E-state index contributed by atoms with van der Waals surface area (Å²) in [6.45, 7) is 2.72. The molecule has 0 unspecified atom stereocenters. The van der Waals surface area contributed by atoms with Gasteiger partial charge in [-0.05, 0) is 38.3 Å². The highest BCUT2D eigenvalue weighted by molar-refractivity contribution is 7.09. The lowest BCUT2D eigenvalue weighted by Crippen LogP contribution is -2.38. The number of benzene rings is 1. The molecule has 128 valence electrons. The van der Waals surface area contributed by atoms with Gasteiger partial charge >= 0.3 is 0 Å². The molecular weight excluding hydrogens is 324 g/mol. The lowest BCUT2D eigenvalue weighted by atomic mass is 10.0. The number of carbonyl (C=O) groups is 1. The van der Waals surface area contributed by atoms with Crippen LogP contribution in [-0.4, -0.2) is 36.6 Å². The summed E-state index contributed by atoms with van der Waals surface area (Å²) in [6, 6.07) is 5.46. The fraction of sp³-hybridized carbons (Fsp3) is 0.444. The standard InChI is InChI=1S/C18H22N2O3S/c1-12-11-24-17(19-12)14-8-4-5-10-20(14)18(21)13-7-6-9-15(22-2)16(13)23-3/h6-7,9,11,14H,4-5,8,10H2,1-3H3/t14-/m1/s1. The molecule has 0 bridgehead atoms. The summed E-state index contributed by atoms with van der Waals surface area (Å²) in [5, 5.41) is 3.06. The topological polar surface area (TPSA) is 51.7 Å². The van der Waals surface area contributed by atoms with Crippen LogP contribution in [0, 0.1) is 6.92 Å². The van der Waals surface area contributed by atoms with Crippen LogP contribution in [0.3, 0.4) is 0 Å².